The van der Waals surface area contributed by atoms with Crippen LogP contribution in [0.25, 0.3) is 0 Å². The number of hydrogen-bond donors (Lipinski definition) is 1. The Balaban J connectivity index is 2.03. The lowest BCUT2D eigenvalue weighted by Crippen LogP contribution is -2.20. The average Bonchev–Trinajstić information content (AvgIpc) is 2.88. The molecule has 1 N–H and O–H groups in total. The minimum Gasteiger partial charge on any atom is -0.304 e. The first kappa shape index (κ1) is 10.9. The minimum atomic E-state index is -0.449. The number of nitrogens with one attached hydrogen (secondary N) is 1. The molecule has 10 heteroatoms. The minimum absolute atomic E-state index is 0.0180. The molecule has 0 saturated carbocycles. The van der Waals surface area contributed by atoms with Gasteiger partial charge in [0, 0.05) is 6.92 Å². The van der Waals surface area contributed by atoms with Gasteiger partial charge in [-0.2, -0.15) is 0 Å². The fourth-order valence-corrected chi connectivity index (χ4v) is 1.07. The Kier molecular flexibility index (Phi) is 2.85. The molecule has 0 aliphatic carbocycles. The Bertz CT molecular complexity index is 531. The molecule has 17 heavy (non-hydrogen) atoms. The first-order valence-electron chi connectivity index (χ1n) is 4.51. The second-order valence-electron chi connectivity index (χ2n) is 3.07. The second-order valence-corrected chi connectivity index (χ2v) is 3.07. The topological polar surface area (TPSA) is 129 Å². The molecule has 2 rings (SSSR count). The molecule has 2 heterocycles. The van der Waals surface area contributed by atoms with Crippen molar-refractivity contribution >= 4 is 17.5 Å². The van der Waals surface area contributed by atoms with Gasteiger partial charge in [-0.3, -0.25) is 9.59 Å². The molecule has 0 unspecified atom stereocenters. The molecule has 0 radical (unpaired) electrons. The van der Waals surface area contributed by atoms with Crippen molar-refractivity contribution in [2.24, 2.45) is 0 Å². The zero-order valence-corrected chi connectivity index (χ0v) is 8.69. The zero-order valence-electron chi connectivity index (χ0n) is 8.69. The Labute approximate surface area is 93.9 Å². The van der Waals surface area contributed by atoms with Gasteiger partial charge in [0.15, 0.2) is 11.5 Å². The number of rotatable bonds is 4. The molecular formula is C7H7N7O3. The molecule has 0 atom stereocenters. The number of Topliss-reactive ketones (excluding diaryl/α,β-unsaturated/α-hetero) is 1. The van der Waals surface area contributed by atoms with Crippen LogP contribution < -0.4 is 5.32 Å². The third kappa shape index (κ3) is 2.48. The molecule has 0 spiro atoms. The fourth-order valence-electron chi connectivity index (χ4n) is 1.07. The number of carbonyl (C=O) groups is 2. The maximum absolute atomic E-state index is 11.5. The summed E-state index contributed by atoms with van der Waals surface area (Å²) in [5.74, 6) is -0.824. The van der Waals surface area contributed by atoms with E-state index in [1.54, 1.807) is 0 Å². The lowest BCUT2D eigenvalue weighted by molar-refractivity contribution is -0.117. The Morgan fingerprint density at radius 3 is 2.94 bits per heavy atom. The van der Waals surface area contributed by atoms with Crippen LogP contribution in [0.2, 0.25) is 0 Å². The summed E-state index contributed by atoms with van der Waals surface area (Å²) in [5.41, 5.74) is -0.0323. The second kappa shape index (κ2) is 4.47. The van der Waals surface area contributed by atoms with Crippen molar-refractivity contribution < 1.29 is 14.2 Å². The molecule has 0 saturated heterocycles. The van der Waals surface area contributed by atoms with Crippen molar-refractivity contribution in [3.05, 3.63) is 12.0 Å². The number of anilines is 1. The number of amides is 1. The van der Waals surface area contributed by atoms with Crippen molar-refractivity contribution in [1.82, 2.24) is 30.5 Å². The van der Waals surface area contributed by atoms with Gasteiger partial charge < -0.3 is 5.32 Å². The zero-order chi connectivity index (χ0) is 12.3. The molecule has 0 bridgehead atoms. The summed E-state index contributed by atoms with van der Waals surface area (Å²) in [6, 6.07) is 0. The lowest BCUT2D eigenvalue weighted by atomic mass is 10.3. The largest absolute Gasteiger partial charge is 0.304 e. The summed E-state index contributed by atoms with van der Waals surface area (Å²) in [4.78, 5) is 22.6. The fraction of sp³-hybridized carbons (Fsp3) is 0.286. The molecule has 88 valence electrons. The van der Waals surface area contributed by atoms with E-state index in [0.717, 1.165) is 0 Å². The first-order chi connectivity index (χ1) is 8.16. The summed E-state index contributed by atoms with van der Waals surface area (Å²) in [5, 5.41) is 19.4. The summed E-state index contributed by atoms with van der Waals surface area (Å²) in [6.07, 6.45) is 1.28. The molecule has 10 nitrogen and oxygen atoms in total. The lowest BCUT2D eigenvalue weighted by Gasteiger charge is -2.00. The molecule has 0 aliphatic heterocycles. The van der Waals surface area contributed by atoms with Gasteiger partial charge in [-0.25, -0.2) is 9.31 Å². The summed E-state index contributed by atoms with van der Waals surface area (Å²) in [7, 11) is 0. The van der Waals surface area contributed by atoms with Crippen molar-refractivity contribution in [1.29, 1.82) is 0 Å². The molecule has 2 aromatic rings. The van der Waals surface area contributed by atoms with Crippen LogP contribution in [-0.4, -0.2) is 42.2 Å². The summed E-state index contributed by atoms with van der Waals surface area (Å²) < 4.78 is 5.58. The number of ketones is 1. The van der Waals surface area contributed by atoms with Crippen LogP contribution in [0.4, 0.5) is 5.82 Å². The van der Waals surface area contributed by atoms with Crippen LogP contribution >= 0.6 is 0 Å². The standard InChI is InChI=1S/C7H7N7O3/c1-4(15)6-7(11-17-10-6)9-5(16)2-14-3-8-12-13-14/h3H,2H2,1H3,(H,9,11,16). The van der Waals surface area contributed by atoms with Crippen molar-refractivity contribution in [2.45, 2.75) is 13.5 Å². The van der Waals surface area contributed by atoms with Gasteiger partial charge in [-0.1, -0.05) is 0 Å². The Morgan fingerprint density at radius 2 is 2.29 bits per heavy atom. The van der Waals surface area contributed by atoms with Crippen molar-refractivity contribution in [2.75, 3.05) is 5.32 Å². The molecule has 0 aliphatic rings. The van der Waals surface area contributed by atoms with Gasteiger partial charge in [-0.15, -0.1) is 5.10 Å². The van der Waals surface area contributed by atoms with E-state index in [2.05, 4.69) is 35.8 Å². The molecule has 2 aromatic heterocycles. The Morgan fingerprint density at radius 1 is 1.47 bits per heavy atom. The monoisotopic (exact) mass is 237 g/mol. The van der Waals surface area contributed by atoms with Crippen molar-refractivity contribution in [3.63, 3.8) is 0 Å². The average molecular weight is 237 g/mol. The maximum atomic E-state index is 11.5. The predicted molar refractivity (Wildman–Crippen MR) is 50.7 cm³/mol. The van der Waals surface area contributed by atoms with E-state index in [1.165, 1.54) is 17.9 Å². The molecule has 0 aromatic carbocycles. The smallest absolute Gasteiger partial charge is 0.247 e. The highest BCUT2D eigenvalue weighted by Gasteiger charge is 2.16. The number of nitrogens with zero attached hydrogens (tertiary/aromatic N) is 6. The van der Waals surface area contributed by atoms with Gasteiger partial charge in [0.05, 0.1) is 0 Å². The third-order valence-corrected chi connectivity index (χ3v) is 1.78. The molecule has 0 fully saturated rings. The van der Waals surface area contributed by atoms with Gasteiger partial charge in [0.25, 0.3) is 0 Å². The van der Waals surface area contributed by atoms with E-state index < -0.39 is 5.91 Å². The highest BCUT2D eigenvalue weighted by atomic mass is 16.6. The predicted octanol–water partition coefficient (Wildman–Crippen LogP) is -1.10. The van der Waals surface area contributed by atoms with Gasteiger partial charge in [-0.05, 0) is 20.7 Å². The van der Waals surface area contributed by atoms with E-state index in [9.17, 15) is 9.59 Å². The van der Waals surface area contributed by atoms with Crippen LogP contribution in [0.1, 0.15) is 17.4 Å². The van der Waals surface area contributed by atoms with Crippen molar-refractivity contribution in [3.8, 4) is 0 Å². The van der Waals surface area contributed by atoms with Crippen LogP contribution in [0, 0.1) is 0 Å². The SMILES string of the molecule is CC(=O)c1nonc1NC(=O)Cn1cnnn1. The Hall–Kier alpha value is -2.65. The highest BCUT2D eigenvalue weighted by molar-refractivity contribution is 6.00. The number of carbonyl (C=O) groups excluding carboxylic acids is 2. The van der Waals surface area contributed by atoms with Crippen LogP contribution in [0.3, 0.4) is 0 Å². The van der Waals surface area contributed by atoms with E-state index in [0.29, 0.717) is 0 Å². The van der Waals surface area contributed by atoms with E-state index in [1.807, 2.05) is 0 Å². The van der Waals surface area contributed by atoms with Gasteiger partial charge in [0.2, 0.25) is 11.7 Å². The number of aromatic nitrogens is 6. The van der Waals surface area contributed by atoms with Crippen LogP contribution in [0.5, 0.6) is 0 Å². The summed E-state index contributed by atoms with van der Waals surface area (Å²) >= 11 is 0. The van der Waals surface area contributed by atoms with Crippen LogP contribution in [-0.2, 0) is 11.3 Å². The highest BCUT2D eigenvalue weighted by Crippen LogP contribution is 2.09. The quantitative estimate of drug-likeness (QED) is 0.663. The number of tetrazole rings is 1. The normalized spacial score (nSPS) is 10.2. The van der Waals surface area contributed by atoms with Gasteiger partial charge >= 0.3 is 0 Å². The number of hydrogen-bond acceptors (Lipinski definition) is 8. The molecular weight excluding hydrogens is 230 g/mol. The first-order valence-corrected chi connectivity index (χ1v) is 4.51. The summed E-state index contributed by atoms with van der Waals surface area (Å²) in [6.45, 7) is 1.19. The van der Waals surface area contributed by atoms with E-state index in [4.69, 9.17) is 0 Å². The van der Waals surface area contributed by atoms with E-state index in [-0.39, 0.29) is 23.8 Å². The van der Waals surface area contributed by atoms with E-state index >= 15 is 0 Å². The van der Waals surface area contributed by atoms with Crippen LogP contribution in [0.15, 0.2) is 11.0 Å². The molecule has 1 amide bonds. The maximum Gasteiger partial charge on any atom is 0.247 e. The third-order valence-electron chi connectivity index (χ3n) is 1.78. The van der Waals surface area contributed by atoms with Gasteiger partial charge in [0.1, 0.15) is 12.9 Å².